The molecule has 0 bridgehead atoms. The molecule has 0 saturated heterocycles. The lowest BCUT2D eigenvalue weighted by molar-refractivity contribution is 0.0696. The summed E-state index contributed by atoms with van der Waals surface area (Å²) in [6.07, 6.45) is 4.43. The molecule has 3 rings (SSSR count). The number of carboxylic acid groups (broad SMARTS) is 1. The number of nitrogens with zero attached hydrogens (tertiary/aromatic N) is 2. The van der Waals surface area contributed by atoms with E-state index in [0.717, 1.165) is 23.4 Å². The Kier molecular flexibility index (Phi) is 3.98. The number of carbonyl (C=O) groups is 1. The number of aromatic carboxylic acids is 1. The van der Waals surface area contributed by atoms with Crippen LogP contribution in [0.25, 0.3) is 16.9 Å². The standard InChI is InChI=1S/C19H18N2O2/c1-3-14-6-8-16(9-7-14)21-13(2)17(19(22)23)11-18(21)15-5-4-10-20-12-15/h4-12H,3H2,1-2H3,(H,22,23). The minimum Gasteiger partial charge on any atom is -0.478 e. The van der Waals surface area contributed by atoms with Gasteiger partial charge >= 0.3 is 5.97 Å². The smallest absolute Gasteiger partial charge is 0.337 e. The predicted molar refractivity (Wildman–Crippen MR) is 90.1 cm³/mol. The number of aromatic nitrogens is 2. The lowest BCUT2D eigenvalue weighted by atomic mass is 10.1. The van der Waals surface area contributed by atoms with Crippen molar-refractivity contribution in [1.82, 2.24) is 9.55 Å². The third-order valence-corrected chi connectivity index (χ3v) is 4.04. The Labute approximate surface area is 135 Å². The molecule has 0 radical (unpaired) electrons. The highest BCUT2D eigenvalue weighted by atomic mass is 16.4. The van der Waals surface area contributed by atoms with E-state index in [9.17, 15) is 9.90 Å². The van der Waals surface area contributed by atoms with E-state index in [1.165, 1.54) is 5.56 Å². The van der Waals surface area contributed by atoms with Gasteiger partial charge in [-0.05, 0) is 49.2 Å². The molecule has 0 amide bonds. The Bertz CT molecular complexity index is 834. The van der Waals surface area contributed by atoms with E-state index in [1.807, 2.05) is 35.8 Å². The van der Waals surface area contributed by atoms with E-state index < -0.39 is 5.97 Å². The lowest BCUT2D eigenvalue weighted by Gasteiger charge is -2.12. The van der Waals surface area contributed by atoms with Gasteiger partial charge in [-0.25, -0.2) is 4.79 Å². The summed E-state index contributed by atoms with van der Waals surface area (Å²) >= 11 is 0. The molecule has 0 spiro atoms. The second-order valence-corrected chi connectivity index (χ2v) is 5.43. The maximum Gasteiger partial charge on any atom is 0.337 e. The fourth-order valence-electron chi connectivity index (χ4n) is 2.76. The third-order valence-electron chi connectivity index (χ3n) is 4.04. The van der Waals surface area contributed by atoms with Gasteiger partial charge in [0.2, 0.25) is 0 Å². The summed E-state index contributed by atoms with van der Waals surface area (Å²) in [5.41, 5.74) is 4.94. The third kappa shape index (κ3) is 2.75. The molecule has 0 saturated carbocycles. The second-order valence-electron chi connectivity index (χ2n) is 5.43. The number of hydrogen-bond acceptors (Lipinski definition) is 2. The van der Waals surface area contributed by atoms with Gasteiger partial charge in [0.05, 0.1) is 11.3 Å². The Balaban J connectivity index is 2.23. The van der Waals surface area contributed by atoms with Gasteiger partial charge in [0, 0.05) is 29.3 Å². The Morgan fingerprint density at radius 1 is 1.22 bits per heavy atom. The van der Waals surface area contributed by atoms with Gasteiger partial charge in [0.25, 0.3) is 0 Å². The van der Waals surface area contributed by atoms with E-state index >= 15 is 0 Å². The highest BCUT2D eigenvalue weighted by molar-refractivity contribution is 5.91. The van der Waals surface area contributed by atoms with Crippen molar-refractivity contribution in [3.63, 3.8) is 0 Å². The highest BCUT2D eigenvalue weighted by Crippen LogP contribution is 2.29. The first kappa shape index (κ1) is 15.0. The quantitative estimate of drug-likeness (QED) is 0.789. The molecule has 0 aliphatic heterocycles. The van der Waals surface area contributed by atoms with Crippen molar-refractivity contribution in [2.75, 3.05) is 0 Å². The molecule has 0 aliphatic carbocycles. The van der Waals surface area contributed by atoms with Crippen molar-refractivity contribution >= 4 is 5.97 Å². The van der Waals surface area contributed by atoms with Crippen LogP contribution in [-0.4, -0.2) is 20.6 Å². The molecule has 23 heavy (non-hydrogen) atoms. The van der Waals surface area contributed by atoms with Crippen LogP contribution >= 0.6 is 0 Å². The zero-order valence-electron chi connectivity index (χ0n) is 13.2. The highest BCUT2D eigenvalue weighted by Gasteiger charge is 2.19. The summed E-state index contributed by atoms with van der Waals surface area (Å²) in [5.74, 6) is -0.920. The minimum absolute atomic E-state index is 0.309. The average Bonchev–Trinajstić information content (AvgIpc) is 2.93. The molecule has 2 heterocycles. The lowest BCUT2D eigenvalue weighted by Crippen LogP contribution is -2.02. The maximum absolute atomic E-state index is 11.5. The molecular weight excluding hydrogens is 288 g/mol. The summed E-state index contributed by atoms with van der Waals surface area (Å²) in [5, 5.41) is 9.45. The first-order chi connectivity index (χ1) is 11.1. The van der Waals surface area contributed by atoms with E-state index in [0.29, 0.717) is 11.3 Å². The van der Waals surface area contributed by atoms with Crippen LogP contribution in [0.4, 0.5) is 0 Å². The number of rotatable bonds is 4. The van der Waals surface area contributed by atoms with E-state index in [-0.39, 0.29) is 0 Å². The molecule has 1 N–H and O–H groups in total. The Morgan fingerprint density at radius 2 is 1.96 bits per heavy atom. The zero-order valence-corrected chi connectivity index (χ0v) is 13.2. The van der Waals surface area contributed by atoms with Crippen LogP contribution in [0.15, 0.2) is 54.9 Å². The number of carboxylic acids is 1. The van der Waals surface area contributed by atoms with Gasteiger partial charge in [0.1, 0.15) is 0 Å². The normalized spacial score (nSPS) is 10.7. The summed E-state index contributed by atoms with van der Waals surface area (Å²) in [4.78, 5) is 15.7. The molecule has 0 fully saturated rings. The molecule has 4 nitrogen and oxygen atoms in total. The molecule has 3 aromatic rings. The number of aryl methyl sites for hydroxylation is 1. The van der Waals surface area contributed by atoms with Gasteiger partial charge in [-0.15, -0.1) is 0 Å². The number of hydrogen-bond donors (Lipinski definition) is 1. The second kappa shape index (κ2) is 6.08. The fraction of sp³-hybridized carbons (Fsp3) is 0.158. The molecule has 116 valence electrons. The molecule has 1 aromatic carbocycles. The molecule has 4 heteroatoms. The van der Waals surface area contributed by atoms with Crippen LogP contribution in [0.3, 0.4) is 0 Å². The van der Waals surface area contributed by atoms with Gasteiger partial charge in [0.15, 0.2) is 0 Å². The van der Waals surface area contributed by atoms with Crippen LogP contribution in [0.1, 0.15) is 28.5 Å². The van der Waals surface area contributed by atoms with Gasteiger partial charge in [-0.1, -0.05) is 19.1 Å². The summed E-state index contributed by atoms with van der Waals surface area (Å²) < 4.78 is 1.97. The molecular formula is C19H18N2O2. The SMILES string of the molecule is CCc1ccc(-n2c(-c3cccnc3)cc(C(=O)O)c2C)cc1. The van der Waals surface area contributed by atoms with Crippen molar-refractivity contribution in [2.24, 2.45) is 0 Å². The van der Waals surface area contributed by atoms with Gasteiger partial charge in [-0.2, -0.15) is 0 Å². The molecule has 2 aromatic heterocycles. The van der Waals surface area contributed by atoms with Crippen LogP contribution in [-0.2, 0) is 6.42 Å². The van der Waals surface area contributed by atoms with Crippen molar-refractivity contribution in [3.05, 3.63) is 71.7 Å². The van der Waals surface area contributed by atoms with Crippen LogP contribution in [0, 0.1) is 6.92 Å². The van der Waals surface area contributed by atoms with E-state index in [2.05, 4.69) is 24.0 Å². The maximum atomic E-state index is 11.5. The number of benzene rings is 1. The van der Waals surface area contributed by atoms with Gasteiger partial charge in [-0.3, -0.25) is 4.98 Å². The molecule has 0 unspecified atom stereocenters. The van der Waals surface area contributed by atoms with Crippen molar-refractivity contribution < 1.29 is 9.90 Å². The average molecular weight is 306 g/mol. The van der Waals surface area contributed by atoms with Crippen LogP contribution < -0.4 is 0 Å². The fourth-order valence-corrected chi connectivity index (χ4v) is 2.76. The largest absolute Gasteiger partial charge is 0.478 e. The van der Waals surface area contributed by atoms with E-state index in [1.54, 1.807) is 18.5 Å². The molecule has 0 atom stereocenters. The summed E-state index contributed by atoms with van der Waals surface area (Å²) in [7, 11) is 0. The van der Waals surface area contributed by atoms with E-state index in [4.69, 9.17) is 0 Å². The van der Waals surface area contributed by atoms with Crippen LogP contribution in [0.5, 0.6) is 0 Å². The Hall–Kier alpha value is -2.88. The van der Waals surface area contributed by atoms with Gasteiger partial charge < -0.3 is 9.67 Å². The Morgan fingerprint density at radius 3 is 2.52 bits per heavy atom. The molecule has 0 aliphatic rings. The summed E-state index contributed by atoms with van der Waals surface area (Å²) in [6, 6.07) is 13.7. The first-order valence-electron chi connectivity index (χ1n) is 7.57. The van der Waals surface area contributed by atoms with Crippen molar-refractivity contribution in [3.8, 4) is 16.9 Å². The predicted octanol–water partition coefficient (Wildman–Crippen LogP) is 4.11. The summed E-state index contributed by atoms with van der Waals surface area (Å²) in [6.45, 7) is 3.94. The zero-order chi connectivity index (χ0) is 16.4. The monoisotopic (exact) mass is 306 g/mol. The minimum atomic E-state index is -0.920. The topological polar surface area (TPSA) is 55.1 Å². The van der Waals surface area contributed by atoms with Crippen molar-refractivity contribution in [2.45, 2.75) is 20.3 Å². The van der Waals surface area contributed by atoms with Crippen molar-refractivity contribution in [1.29, 1.82) is 0 Å². The first-order valence-corrected chi connectivity index (χ1v) is 7.57. The van der Waals surface area contributed by atoms with Crippen LogP contribution in [0.2, 0.25) is 0 Å². The number of pyridine rings is 1.